The van der Waals surface area contributed by atoms with Crippen LogP contribution in [0.15, 0.2) is 23.0 Å². The number of hydrogen-bond acceptors (Lipinski definition) is 5. The zero-order valence-electron chi connectivity index (χ0n) is 13.7. The highest BCUT2D eigenvalue weighted by molar-refractivity contribution is 5.76. The molecule has 6 heteroatoms. The number of nitrogens with zero attached hydrogens (tertiary/aromatic N) is 1. The summed E-state index contributed by atoms with van der Waals surface area (Å²) < 4.78 is 15.9. The molecule has 0 unspecified atom stereocenters. The molecule has 3 rings (SSSR count). The quantitative estimate of drug-likeness (QED) is 0.762. The number of furan rings is 1. The molecule has 0 saturated carbocycles. The second-order valence-electron chi connectivity index (χ2n) is 6.59. The molecule has 3 heterocycles. The first-order valence-electron chi connectivity index (χ1n) is 8.33. The van der Waals surface area contributed by atoms with Crippen molar-refractivity contribution in [3.63, 3.8) is 0 Å². The molecule has 3 atom stereocenters. The van der Waals surface area contributed by atoms with E-state index >= 15 is 0 Å². The van der Waals surface area contributed by atoms with Gasteiger partial charge in [-0.05, 0) is 23.8 Å². The number of nitrogens with one attached hydrogen (secondary N) is 1. The first kappa shape index (κ1) is 16.5. The van der Waals surface area contributed by atoms with E-state index in [0.29, 0.717) is 43.9 Å². The van der Waals surface area contributed by atoms with Gasteiger partial charge in [0.05, 0.1) is 32.3 Å². The van der Waals surface area contributed by atoms with E-state index in [0.717, 1.165) is 26.2 Å². The average molecular weight is 322 g/mol. The fraction of sp³-hybridized carbons (Fsp3) is 0.706. The van der Waals surface area contributed by atoms with Gasteiger partial charge < -0.3 is 19.2 Å². The number of ether oxygens (including phenoxy) is 2. The van der Waals surface area contributed by atoms with E-state index in [9.17, 15) is 4.79 Å². The maximum absolute atomic E-state index is 12.1. The van der Waals surface area contributed by atoms with Crippen LogP contribution in [0.5, 0.6) is 0 Å². The van der Waals surface area contributed by atoms with Gasteiger partial charge in [0.2, 0.25) is 5.91 Å². The number of hydrogen-bond donors (Lipinski definition) is 1. The summed E-state index contributed by atoms with van der Waals surface area (Å²) in [5, 5.41) is 2.91. The molecule has 128 valence electrons. The Kier molecular flexibility index (Phi) is 5.70. The fourth-order valence-electron chi connectivity index (χ4n) is 3.78. The Hall–Kier alpha value is -1.37. The summed E-state index contributed by atoms with van der Waals surface area (Å²) in [5.41, 5.74) is 1.21. The SMILES string of the molecule is COCCNC(=O)C[C@@H]1COC[C@H]2CN(Cc3ccoc3)C[C@@H]12. The van der Waals surface area contributed by atoms with Crippen LogP contribution < -0.4 is 5.32 Å². The van der Waals surface area contributed by atoms with Crippen molar-refractivity contribution < 1.29 is 18.7 Å². The topological polar surface area (TPSA) is 63.9 Å². The fourth-order valence-corrected chi connectivity index (χ4v) is 3.78. The summed E-state index contributed by atoms with van der Waals surface area (Å²) in [6, 6.07) is 2.01. The molecule has 2 aliphatic rings. The standard InChI is InChI=1S/C17H26N2O4/c1-21-5-3-18-17(20)6-14-11-23-12-15-8-19(9-16(14)15)7-13-2-4-22-10-13/h2,4,10,14-16H,3,5-9,11-12H2,1H3,(H,18,20)/t14-,15-,16+/m1/s1. The van der Waals surface area contributed by atoms with E-state index in [4.69, 9.17) is 13.9 Å². The lowest BCUT2D eigenvalue weighted by molar-refractivity contribution is -0.124. The van der Waals surface area contributed by atoms with Crippen LogP contribution in [0.2, 0.25) is 0 Å². The molecule has 1 aromatic heterocycles. The van der Waals surface area contributed by atoms with Crippen LogP contribution in [0.25, 0.3) is 0 Å². The zero-order chi connectivity index (χ0) is 16.1. The number of methoxy groups -OCH3 is 1. The van der Waals surface area contributed by atoms with Crippen LogP contribution in [0.4, 0.5) is 0 Å². The molecule has 0 aromatic carbocycles. The molecular formula is C17H26N2O4. The Bertz CT molecular complexity index is 491. The van der Waals surface area contributed by atoms with Crippen molar-refractivity contribution in [2.75, 3.05) is 46.6 Å². The van der Waals surface area contributed by atoms with E-state index < -0.39 is 0 Å². The second-order valence-corrected chi connectivity index (χ2v) is 6.59. The first-order valence-corrected chi connectivity index (χ1v) is 8.33. The van der Waals surface area contributed by atoms with Crippen LogP contribution in [0, 0.1) is 17.8 Å². The van der Waals surface area contributed by atoms with E-state index in [2.05, 4.69) is 10.2 Å². The molecule has 23 heavy (non-hydrogen) atoms. The van der Waals surface area contributed by atoms with Crippen LogP contribution >= 0.6 is 0 Å². The van der Waals surface area contributed by atoms with Gasteiger partial charge in [0.25, 0.3) is 0 Å². The van der Waals surface area contributed by atoms with Crippen LogP contribution in [-0.2, 0) is 20.8 Å². The van der Waals surface area contributed by atoms with Gasteiger partial charge in [0.15, 0.2) is 0 Å². The number of amides is 1. The number of rotatable bonds is 7. The minimum Gasteiger partial charge on any atom is -0.472 e. The molecule has 0 spiro atoms. The molecule has 0 radical (unpaired) electrons. The molecule has 0 aliphatic carbocycles. The Balaban J connectivity index is 1.51. The average Bonchev–Trinajstić information content (AvgIpc) is 3.17. The predicted molar refractivity (Wildman–Crippen MR) is 84.8 cm³/mol. The highest BCUT2D eigenvalue weighted by Crippen LogP contribution is 2.36. The van der Waals surface area contributed by atoms with Gasteiger partial charge in [-0.1, -0.05) is 0 Å². The van der Waals surface area contributed by atoms with Crippen molar-refractivity contribution in [2.24, 2.45) is 17.8 Å². The van der Waals surface area contributed by atoms with Crippen LogP contribution in [-0.4, -0.2) is 57.4 Å². The van der Waals surface area contributed by atoms with Gasteiger partial charge in [0.1, 0.15) is 0 Å². The van der Waals surface area contributed by atoms with Gasteiger partial charge in [-0.2, -0.15) is 0 Å². The lowest BCUT2D eigenvalue weighted by atomic mass is 9.81. The largest absolute Gasteiger partial charge is 0.472 e. The summed E-state index contributed by atoms with van der Waals surface area (Å²) in [7, 11) is 1.64. The minimum atomic E-state index is 0.101. The number of carbonyl (C=O) groups excluding carboxylic acids is 1. The summed E-state index contributed by atoms with van der Waals surface area (Å²) in [5.74, 6) is 1.49. The maximum atomic E-state index is 12.1. The Morgan fingerprint density at radius 1 is 1.43 bits per heavy atom. The van der Waals surface area contributed by atoms with Gasteiger partial charge in [0, 0.05) is 45.3 Å². The number of fused-ring (bicyclic) bond motifs is 1. The van der Waals surface area contributed by atoms with E-state index in [1.54, 1.807) is 19.6 Å². The highest BCUT2D eigenvalue weighted by Gasteiger charge is 2.41. The normalized spacial score (nSPS) is 27.8. The summed E-state index contributed by atoms with van der Waals surface area (Å²) >= 11 is 0. The smallest absolute Gasteiger partial charge is 0.220 e. The lowest BCUT2D eigenvalue weighted by Gasteiger charge is -2.32. The van der Waals surface area contributed by atoms with Crippen LogP contribution in [0.1, 0.15) is 12.0 Å². The van der Waals surface area contributed by atoms with Gasteiger partial charge in [-0.3, -0.25) is 9.69 Å². The third-order valence-corrected chi connectivity index (χ3v) is 4.90. The van der Waals surface area contributed by atoms with Crippen molar-refractivity contribution in [1.29, 1.82) is 0 Å². The predicted octanol–water partition coefficient (Wildman–Crippen LogP) is 1.13. The molecule has 2 aliphatic heterocycles. The van der Waals surface area contributed by atoms with Crippen molar-refractivity contribution in [3.05, 3.63) is 24.2 Å². The summed E-state index contributed by atoms with van der Waals surface area (Å²) in [4.78, 5) is 14.5. The van der Waals surface area contributed by atoms with E-state index in [1.165, 1.54) is 5.56 Å². The molecule has 1 aromatic rings. The molecule has 1 amide bonds. The zero-order valence-corrected chi connectivity index (χ0v) is 13.7. The molecule has 2 saturated heterocycles. The Labute approximate surface area is 137 Å². The van der Waals surface area contributed by atoms with Crippen molar-refractivity contribution in [3.8, 4) is 0 Å². The second kappa shape index (κ2) is 7.95. The number of likely N-dealkylation sites (tertiary alicyclic amines) is 1. The van der Waals surface area contributed by atoms with Gasteiger partial charge >= 0.3 is 0 Å². The monoisotopic (exact) mass is 322 g/mol. The van der Waals surface area contributed by atoms with Gasteiger partial charge in [-0.25, -0.2) is 0 Å². The van der Waals surface area contributed by atoms with Crippen LogP contribution in [0.3, 0.4) is 0 Å². The third-order valence-electron chi connectivity index (χ3n) is 4.90. The van der Waals surface area contributed by atoms with E-state index in [1.807, 2.05) is 6.07 Å². The third kappa shape index (κ3) is 4.34. The molecule has 6 nitrogen and oxygen atoms in total. The molecular weight excluding hydrogens is 296 g/mol. The van der Waals surface area contributed by atoms with Crippen molar-refractivity contribution >= 4 is 5.91 Å². The molecule has 0 bridgehead atoms. The summed E-state index contributed by atoms with van der Waals surface area (Å²) in [6.07, 6.45) is 4.07. The number of carbonyl (C=O) groups is 1. The minimum absolute atomic E-state index is 0.101. The van der Waals surface area contributed by atoms with Crippen molar-refractivity contribution in [2.45, 2.75) is 13.0 Å². The molecule has 2 fully saturated rings. The highest BCUT2D eigenvalue weighted by atomic mass is 16.5. The summed E-state index contributed by atoms with van der Waals surface area (Å²) in [6.45, 7) is 5.62. The Morgan fingerprint density at radius 2 is 2.35 bits per heavy atom. The lowest BCUT2D eigenvalue weighted by Crippen LogP contribution is -2.38. The Morgan fingerprint density at radius 3 is 3.13 bits per heavy atom. The first-order chi connectivity index (χ1) is 11.3. The maximum Gasteiger partial charge on any atom is 0.220 e. The van der Waals surface area contributed by atoms with Gasteiger partial charge in [-0.15, -0.1) is 0 Å². The van der Waals surface area contributed by atoms with E-state index in [-0.39, 0.29) is 5.91 Å². The van der Waals surface area contributed by atoms with Crippen molar-refractivity contribution in [1.82, 2.24) is 10.2 Å². The molecule has 1 N–H and O–H groups in total.